The Morgan fingerprint density at radius 1 is 1.30 bits per heavy atom. The van der Waals surface area contributed by atoms with Gasteiger partial charge in [0, 0.05) is 18.5 Å². The summed E-state index contributed by atoms with van der Waals surface area (Å²) in [5.41, 5.74) is 0.600. The molecule has 0 aromatic heterocycles. The Bertz CT molecular complexity index is 956. The summed E-state index contributed by atoms with van der Waals surface area (Å²) in [6.07, 6.45) is 2.96. The van der Waals surface area contributed by atoms with Gasteiger partial charge in [-0.1, -0.05) is 23.8 Å². The van der Waals surface area contributed by atoms with Crippen molar-refractivity contribution in [3.8, 4) is 0 Å². The van der Waals surface area contributed by atoms with Crippen LogP contribution in [0.15, 0.2) is 53.1 Å². The summed E-state index contributed by atoms with van der Waals surface area (Å²) >= 11 is 0. The summed E-state index contributed by atoms with van der Waals surface area (Å²) in [4.78, 5) is 13.0. The van der Waals surface area contributed by atoms with Crippen LogP contribution in [0.1, 0.15) is 45.6 Å². The molecule has 1 heterocycles. The molecule has 3 atom stereocenters. The molecule has 1 aromatic carbocycles. The second-order valence-electron chi connectivity index (χ2n) is 9.15. The fraction of sp³-hybridized carbons (Fsp3) is 0.522. The van der Waals surface area contributed by atoms with Crippen molar-refractivity contribution in [2.24, 2.45) is 11.8 Å². The lowest BCUT2D eigenvalue weighted by Crippen LogP contribution is -2.53. The maximum atomic E-state index is 13.4. The molecule has 1 saturated heterocycles. The lowest BCUT2D eigenvalue weighted by Gasteiger charge is -2.46. The maximum absolute atomic E-state index is 13.4. The van der Waals surface area contributed by atoms with Gasteiger partial charge in [-0.3, -0.25) is 0 Å². The van der Waals surface area contributed by atoms with E-state index in [1.165, 1.54) is 4.31 Å². The number of rotatable bonds is 5. The number of sulfonamides is 1. The zero-order chi connectivity index (χ0) is 22.3. The summed E-state index contributed by atoms with van der Waals surface area (Å²) in [5.74, 6) is -1.33. The lowest BCUT2D eigenvalue weighted by atomic mass is 9.72. The largest absolute Gasteiger partial charge is 0.511 e. The number of nitrogens with zero attached hydrogens (tertiary/aromatic N) is 1. The first kappa shape index (κ1) is 22.6. The highest BCUT2D eigenvalue weighted by Gasteiger charge is 2.49. The molecular formula is C23H31NO5S. The number of ether oxygens (including phenoxy) is 1. The number of aryl methyl sites for hydroxylation is 1. The third kappa shape index (κ3) is 4.32. The van der Waals surface area contributed by atoms with Crippen molar-refractivity contribution >= 4 is 16.0 Å². The summed E-state index contributed by atoms with van der Waals surface area (Å²) in [5, 5.41) is 11.0. The highest BCUT2D eigenvalue weighted by molar-refractivity contribution is 7.89. The zero-order valence-electron chi connectivity index (χ0n) is 18.1. The Hall–Kier alpha value is -2.12. The Balaban J connectivity index is 1.99. The van der Waals surface area contributed by atoms with E-state index in [1.807, 2.05) is 6.92 Å². The number of esters is 1. The molecule has 2 aliphatic rings. The summed E-state index contributed by atoms with van der Waals surface area (Å²) in [7, 11) is -3.72. The van der Waals surface area contributed by atoms with Crippen LogP contribution in [0.4, 0.5) is 0 Å². The van der Waals surface area contributed by atoms with Crippen molar-refractivity contribution in [2.45, 2.75) is 63.5 Å². The van der Waals surface area contributed by atoms with Crippen molar-refractivity contribution in [1.82, 2.24) is 4.31 Å². The molecule has 3 rings (SSSR count). The Kier molecular flexibility index (Phi) is 6.16. The van der Waals surface area contributed by atoms with Crippen LogP contribution in [0.3, 0.4) is 0 Å². The predicted octanol–water partition coefficient (Wildman–Crippen LogP) is 4.12. The van der Waals surface area contributed by atoms with Gasteiger partial charge in [-0.2, -0.15) is 4.31 Å². The number of allylic oxidation sites excluding steroid dienone is 1. The minimum absolute atomic E-state index is 0.0609. The molecule has 1 N–H and O–H groups in total. The smallest absolute Gasteiger partial charge is 0.338 e. The van der Waals surface area contributed by atoms with E-state index in [-0.39, 0.29) is 16.6 Å². The molecule has 164 valence electrons. The van der Waals surface area contributed by atoms with E-state index >= 15 is 0 Å². The summed E-state index contributed by atoms with van der Waals surface area (Å²) < 4.78 is 33.8. The fourth-order valence-corrected chi connectivity index (χ4v) is 6.08. The molecule has 2 bridgehead atoms. The summed E-state index contributed by atoms with van der Waals surface area (Å²) in [6.45, 7) is 11.3. The average Bonchev–Trinajstić information content (AvgIpc) is 2.64. The molecule has 0 amide bonds. The Morgan fingerprint density at radius 3 is 2.50 bits per heavy atom. The van der Waals surface area contributed by atoms with E-state index in [2.05, 4.69) is 6.58 Å². The van der Waals surface area contributed by atoms with E-state index in [9.17, 15) is 18.3 Å². The third-order valence-corrected chi connectivity index (χ3v) is 7.70. The van der Waals surface area contributed by atoms with Gasteiger partial charge in [-0.25, -0.2) is 13.2 Å². The number of hydrogen-bond donors (Lipinski definition) is 1. The first-order valence-electron chi connectivity index (χ1n) is 10.3. The van der Waals surface area contributed by atoms with E-state index in [0.29, 0.717) is 31.4 Å². The van der Waals surface area contributed by atoms with Gasteiger partial charge in [0.15, 0.2) is 0 Å². The van der Waals surface area contributed by atoms with E-state index < -0.39 is 33.6 Å². The first-order valence-corrected chi connectivity index (χ1v) is 11.8. The molecule has 0 saturated carbocycles. The Labute approximate surface area is 179 Å². The zero-order valence-corrected chi connectivity index (χ0v) is 18.9. The van der Waals surface area contributed by atoms with Gasteiger partial charge >= 0.3 is 5.97 Å². The van der Waals surface area contributed by atoms with Crippen LogP contribution in [0, 0.1) is 18.8 Å². The molecule has 1 aliphatic carbocycles. The van der Waals surface area contributed by atoms with Crippen molar-refractivity contribution in [2.75, 3.05) is 6.54 Å². The minimum Gasteiger partial charge on any atom is -0.511 e. The van der Waals surface area contributed by atoms with Crippen LogP contribution in [0.2, 0.25) is 0 Å². The van der Waals surface area contributed by atoms with E-state index in [4.69, 9.17) is 4.74 Å². The molecule has 1 aromatic rings. The van der Waals surface area contributed by atoms with Gasteiger partial charge in [0.2, 0.25) is 10.0 Å². The first-order chi connectivity index (χ1) is 14.0. The highest BCUT2D eigenvalue weighted by Crippen LogP contribution is 2.45. The summed E-state index contributed by atoms with van der Waals surface area (Å²) in [6, 6.07) is 6.35. The van der Waals surface area contributed by atoms with Crippen molar-refractivity contribution < 1.29 is 23.1 Å². The predicted molar refractivity (Wildman–Crippen MR) is 115 cm³/mol. The van der Waals surface area contributed by atoms with Gasteiger partial charge < -0.3 is 9.84 Å². The monoisotopic (exact) mass is 433 g/mol. The van der Waals surface area contributed by atoms with Crippen LogP contribution in [0.25, 0.3) is 0 Å². The second-order valence-corrected chi connectivity index (χ2v) is 11.0. The molecule has 1 aliphatic heterocycles. The molecule has 0 unspecified atom stereocenters. The van der Waals surface area contributed by atoms with Crippen LogP contribution >= 0.6 is 0 Å². The molecular weight excluding hydrogens is 402 g/mol. The van der Waals surface area contributed by atoms with Gasteiger partial charge in [0.1, 0.15) is 11.4 Å². The molecule has 0 radical (unpaired) electrons. The van der Waals surface area contributed by atoms with Crippen molar-refractivity contribution in [1.29, 1.82) is 0 Å². The van der Waals surface area contributed by atoms with Crippen LogP contribution < -0.4 is 0 Å². The van der Waals surface area contributed by atoms with Crippen LogP contribution in [-0.4, -0.2) is 42.0 Å². The fourth-order valence-electron chi connectivity index (χ4n) is 4.39. The number of benzene rings is 1. The number of piperidine rings is 1. The number of carbonyl (C=O) groups is 1. The topological polar surface area (TPSA) is 83.9 Å². The van der Waals surface area contributed by atoms with Crippen LogP contribution in [-0.2, 0) is 19.6 Å². The molecule has 30 heavy (non-hydrogen) atoms. The number of aliphatic hydroxyl groups is 1. The molecule has 1 fully saturated rings. The van der Waals surface area contributed by atoms with Gasteiger partial charge in [0.05, 0.1) is 10.5 Å². The quantitative estimate of drug-likeness (QED) is 0.558. The van der Waals surface area contributed by atoms with Crippen LogP contribution in [0.5, 0.6) is 0 Å². The maximum Gasteiger partial charge on any atom is 0.338 e. The van der Waals surface area contributed by atoms with E-state index in [0.717, 1.165) is 5.56 Å². The SMILES string of the molecule is C=CC[C@@H]1C(O)=C(C(=O)OC(C)(C)C)[C@@H]2CCN(S(=O)(=O)c3ccc(C)cc3)[C@@H]1C2. The number of carbonyl (C=O) groups excluding carboxylic acids is 1. The average molecular weight is 434 g/mol. The van der Waals surface area contributed by atoms with Crippen molar-refractivity contribution in [3.05, 3.63) is 53.8 Å². The van der Waals surface area contributed by atoms with Gasteiger partial charge in [0.25, 0.3) is 0 Å². The molecule has 6 nitrogen and oxygen atoms in total. The highest BCUT2D eigenvalue weighted by atomic mass is 32.2. The van der Waals surface area contributed by atoms with Gasteiger partial charge in [-0.05, 0) is 65.0 Å². The molecule has 0 spiro atoms. The lowest BCUT2D eigenvalue weighted by molar-refractivity contribution is -0.151. The molecule has 7 heteroatoms. The third-order valence-electron chi connectivity index (χ3n) is 5.76. The minimum atomic E-state index is -3.72. The van der Waals surface area contributed by atoms with Gasteiger partial charge in [-0.15, -0.1) is 6.58 Å². The number of fused-ring (bicyclic) bond motifs is 2. The Morgan fingerprint density at radius 2 is 1.93 bits per heavy atom. The van der Waals surface area contributed by atoms with E-state index in [1.54, 1.807) is 51.1 Å². The number of aliphatic hydroxyl groups excluding tert-OH is 1. The normalized spacial score (nSPS) is 25.1. The number of hydrogen-bond acceptors (Lipinski definition) is 5. The second kappa shape index (κ2) is 8.19. The van der Waals surface area contributed by atoms with Crippen molar-refractivity contribution in [3.63, 3.8) is 0 Å². The standard InChI is InChI=1S/C23H31NO5S/c1-6-7-18-19-14-16(20(21(18)25)22(26)29-23(3,4)5)12-13-24(19)30(27,28)17-10-8-15(2)9-11-17/h6,8-11,16,18-19,25H,1,7,12-14H2,2-5H3/t16-,18+,19-/m1/s1.